The Morgan fingerprint density at radius 3 is 2.65 bits per heavy atom. The zero-order chi connectivity index (χ0) is 16.2. The molecule has 2 amide bonds. The van der Waals surface area contributed by atoms with E-state index >= 15 is 0 Å². The Bertz CT molecular complexity index is 579. The summed E-state index contributed by atoms with van der Waals surface area (Å²) in [7, 11) is 0. The summed E-state index contributed by atoms with van der Waals surface area (Å²) in [6.45, 7) is 1.95. The molecular weight excluding hydrogens is 316 g/mol. The summed E-state index contributed by atoms with van der Waals surface area (Å²) in [4.78, 5) is 26.3. The minimum absolute atomic E-state index is 0.00333. The van der Waals surface area contributed by atoms with E-state index in [0.29, 0.717) is 30.3 Å². The lowest BCUT2D eigenvalue weighted by Crippen LogP contribution is -2.48. The molecule has 1 aromatic rings. The van der Waals surface area contributed by atoms with Gasteiger partial charge in [-0.2, -0.15) is 0 Å². The number of halogens is 1. The second-order valence-electron chi connectivity index (χ2n) is 6.09. The number of likely N-dealkylation sites (tertiary alicyclic amines) is 1. The fraction of sp³-hybridized carbons (Fsp3) is 0.529. The minimum atomic E-state index is -0.291. The van der Waals surface area contributed by atoms with E-state index in [-0.39, 0.29) is 24.0 Å². The summed E-state index contributed by atoms with van der Waals surface area (Å²) in [6.07, 6.45) is 3.00. The topological polar surface area (TPSA) is 58.6 Å². The van der Waals surface area contributed by atoms with Crippen LogP contribution in [0.3, 0.4) is 0 Å². The van der Waals surface area contributed by atoms with Gasteiger partial charge in [0.25, 0.3) is 5.91 Å². The lowest BCUT2D eigenvalue weighted by molar-refractivity contribution is -0.131. The summed E-state index contributed by atoms with van der Waals surface area (Å²) in [6, 6.07) is 7.12. The molecular formula is C17H21ClN2O3. The van der Waals surface area contributed by atoms with E-state index in [2.05, 4.69) is 5.32 Å². The van der Waals surface area contributed by atoms with Crippen LogP contribution in [0, 0.1) is 0 Å². The van der Waals surface area contributed by atoms with Crippen LogP contribution in [0.2, 0.25) is 5.02 Å². The molecule has 1 atom stereocenters. The highest BCUT2D eigenvalue weighted by molar-refractivity contribution is 6.30. The Balaban J connectivity index is 1.50. The Kier molecular flexibility index (Phi) is 5.18. The number of rotatable bonds is 3. The largest absolute Gasteiger partial charge is 0.368 e. The number of nitrogens with one attached hydrogen (secondary N) is 1. The number of hydrogen-bond donors (Lipinski definition) is 1. The Labute approximate surface area is 140 Å². The second kappa shape index (κ2) is 7.32. The van der Waals surface area contributed by atoms with Gasteiger partial charge in [-0.1, -0.05) is 17.7 Å². The summed E-state index contributed by atoms with van der Waals surface area (Å²) in [5, 5.41) is 3.61. The molecule has 0 saturated carbocycles. The molecule has 2 fully saturated rings. The number of ether oxygens (including phenoxy) is 1. The van der Waals surface area contributed by atoms with E-state index in [0.717, 1.165) is 25.7 Å². The van der Waals surface area contributed by atoms with Crippen molar-refractivity contribution in [3.05, 3.63) is 34.9 Å². The van der Waals surface area contributed by atoms with E-state index < -0.39 is 0 Å². The average molecular weight is 337 g/mol. The summed E-state index contributed by atoms with van der Waals surface area (Å²) < 4.78 is 5.40. The predicted molar refractivity (Wildman–Crippen MR) is 87.5 cm³/mol. The third-order valence-corrected chi connectivity index (χ3v) is 4.66. The number of carbonyl (C=O) groups is 2. The molecule has 1 aromatic carbocycles. The second-order valence-corrected chi connectivity index (χ2v) is 6.52. The van der Waals surface area contributed by atoms with Gasteiger partial charge in [-0.25, -0.2) is 0 Å². The number of hydrogen-bond acceptors (Lipinski definition) is 3. The number of piperidine rings is 1. The highest BCUT2D eigenvalue weighted by atomic mass is 35.5. The molecule has 0 aliphatic carbocycles. The maximum atomic E-state index is 12.4. The summed E-state index contributed by atoms with van der Waals surface area (Å²) in [5.74, 6) is -0.0153. The van der Waals surface area contributed by atoms with Gasteiger partial charge in [0.05, 0.1) is 0 Å². The van der Waals surface area contributed by atoms with Crippen molar-refractivity contribution in [2.75, 3.05) is 19.7 Å². The van der Waals surface area contributed by atoms with Crippen molar-refractivity contribution >= 4 is 23.4 Å². The van der Waals surface area contributed by atoms with Gasteiger partial charge < -0.3 is 15.0 Å². The van der Waals surface area contributed by atoms with E-state index in [4.69, 9.17) is 16.3 Å². The predicted octanol–water partition coefficient (Wildman–Crippen LogP) is 2.24. The lowest BCUT2D eigenvalue weighted by Gasteiger charge is -2.33. The quantitative estimate of drug-likeness (QED) is 0.921. The van der Waals surface area contributed by atoms with E-state index in [1.165, 1.54) is 0 Å². The van der Waals surface area contributed by atoms with E-state index in [9.17, 15) is 9.59 Å². The van der Waals surface area contributed by atoms with Gasteiger partial charge in [0.15, 0.2) is 0 Å². The normalized spacial score (nSPS) is 22.1. The van der Waals surface area contributed by atoms with Crippen molar-refractivity contribution in [3.8, 4) is 0 Å². The Morgan fingerprint density at radius 2 is 2.00 bits per heavy atom. The third-order valence-electron chi connectivity index (χ3n) is 4.42. The van der Waals surface area contributed by atoms with Crippen LogP contribution in [0.1, 0.15) is 36.0 Å². The molecule has 2 aliphatic rings. The minimum Gasteiger partial charge on any atom is -0.368 e. The first-order valence-corrected chi connectivity index (χ1v) is 8.48. The van der Waals surface area contributed by atoms with Crippen molar-refractivity contribution in [1.29, 1.82) is 0 Å². The smallest absolute Gasteiger partial charge is 0.253 e. The van der Waals surface area contributed by atoms with Gasteiger partial charge in [-0.05, 0) is 43.9 Å². The highest BCUT2D eigenvalue weighted by Crippen LogP contribution is 2.18. The van der Waals surface area contributed by atoms with Crippen molar-refractivity contribution < 1.29 is 14.3 Å². The zero-order valence-corrected chi connectivity index (χ0v) is 13.7. The van der Waals surface area contributed by atoms with Crippen LogP contribution < -0.4 is 5.32 Å². The molecule has 2 saturated heterocycles. The van der Waals surface area contributed by atoms with Gasteiger partial charge in [-0.15, -0.1) is 0 Å². The van der Waals surface area contributed by atoms with Crippen molar-refractivity contribution in [3.63, 3.8) is 0 Å². The monoisotopic (exact) mass is 336 g/mol. The number of benzene rings is 1. The molecule has 1 unspecified atom stereocenters. The maximum absolute atomic E-state index is 12.4. The van der Waals surface area contributed by atoms with Gasteiger partial charge in [0.1, 0.15) is 6.10 Å². The summed E-state index contributed by atoms with van der Waals surface area (Å²) >= 11 is 5.94. The van der Waals surface area contributed by atoms with Crippen LogP contribution in [0.5, 0.6) is 0 Å². The molecule has 23 heavy (non-hydrogen) atoms. The molecule has 0 bridgehead atoms. The number of nitrogens with zero attached hydrogens (tertiary/aromatic N) is 1. The van der Waals surface area contributed by atoms with Gasteiger partial charge in [0.2, 0.25) is 5.91 Å². The SMILES string of the molecule is O=C(NC1CCN(C(=O)c2cccc(Cl)c2)CC1)C1CCCO1. The standard InChI is InChI=1S/C17H21ClN2O3/c18-13-4-1-3-12(11-13)17(22)20-8-6-14(7-9-20)19-16(21)15-5-2-10-23-15/h1,3-4,11,14-15H,2,5-10H2,(H,19,21). The van der Waals surface area contributed by atoms with Crippen LogP contribution in [0.4, 0.5) is 0 Å². The first kappa shape index (κ1) is 16.3. The summed E-state index contributed by atoms with van der Waals surface area (Å²) in [5.41, 5.74) is 0.611. The van der Waals surface area contributed by atoms with E-state index in [1.54, 1.807) is 24.3 Å². The zero-order valence-electron chi connectivity index (χ0n) is 13.0. The molecule has 0 aromatic heterocycles. The van der Waals surface area contributed by atoms with Gasteiger partial charge >= 0.3 is 0 Å². The van der Waals surface area contributed by atoms with Crippen LogP contribution in [0.15, 0.2) is 24.3 Å². The van der Waals surface area contributed by atoms with Crippen LogP contribution in [-0.2, 0) is 9.53 Å². The Hall–Kier alpha value is -1.59. The molecule has 1 N–H and O–H groups in total. The molecule has 3 rings (SSSR count). The molecule has 5 nitrogen and oxygen atoms in total. The third kappa shape index (κ3) is 4.03. The molecule has 2 heterocycles. The number of carbonyl (C=O) groups excluding carboxylic acids is 2. The highest BCUT2D eigenvalue weighted by Gasteiger charge is 2.28. The lowest BCUT2D eigenvalue weighted by atomic mass is 10.0. The van der Waals surface area contributed by atoms with Crippen molar-refractivity contribution in [1.82, 2.24) is 10.2 Å². The van der Waals surface area contributed by atoms with Gasteiger partial charge in [-0.3, -0.25) is 9.59 Å². The number of amides is 2. The molecule has 6 heteroatoms. The fourth-order valence-corrected chi connectivity index (χ4v) is 3.30. The maximum Gasteiger partial charge on any atom is 0.253 e. The van der Waals surface area contributed by atoms with Gasteiger partial charge in [0, 0.05) is 36.3 Å². The fourth-order valence-electron chi connectivity index (χ4n) is 3.11. The Morgan fingerprint density at radius 1 is 1.22 bits per heavy atom. The molecule has 2 aliphatic heterocycles. The van der Waals surface area contributed by atoms with Crippen LogP contribution in [0.25, 0.3) is 0 Å². The van der Waals surface area contributed by atoms with Crippen LogP contribution >= 0.6 is 11.6 Å². The molecule has 0 radical (unpaired) electrons. The molecule has 124 valence electrons. The van der Waals surface area contributed by atoms with Crippen molar-refractivity contribution in [2.45, 2.75) is 37.8 Å². The van der Waals surface area contributed by atoms with Crippen LogP contribution in [-0.4, -0.2) is 48.6 Å². The first-order valence-electron chi connectivity index (χ1n) is 8.10. The molecule has 0 spiro atoms. The van der Waals surface area contributed by atoms with Crippen molar-refractivity contribution in [2.24, 2.45) is 0 Å². The first-order chi connectivity index (χ1) is 11.1. The average Bonchev–Trinajstić information content (AvgIpc) is 3.09. The van der Waals surface area contributed by atoms with E-state index in [1.807, 2.05) is 4.90 Å².